The molecule has 0 saturated heterocycles. The third kappa shape index (κ3) is 3.62. The van der Waals surface area contributed by atoms with Crippen molar-refractivity contribution >= 4 is 15.8 Å². The van der Waals surface area contributed by atoms with Crippen LogP contribution in [0.3, 0.4) is 0 Å². The van der Waals surface area contributed by atoms with Gasteiger partial charge in [-0.3, -0.25) is 4.79 Å². The van der Waals surface area contributed by atoms with Crippen LogP contribution in [0.25, 0.3) is 0 Å². The summed E-state index contributed by atoms with van der Waals surface area (Å²) < 4.78 is 26.0. The van der Waals surface area contributed by atoms with Crippen LogP contribution < -0.4 is 0 Å². The standard InChI is InChI=1S/C13H19NO4S/c1-10(2)14(8-9-15)19(17,18)13-6-4-12(5-7-13)11(3)16/h4-7,10,15H,8-9H2,1-3H3. The SMILES string of the molecule is CC(=O)c1ccc(S(=O)(=O)N(CCO)C(C)C)cc1. The normalized spacial score (nSPS) is 12.1. The second-order valence-corrected chi connectivity index (χ2v) is 6.40. The number of aliphatic hydroxyl groups is 1. The second-order valence-electron chi connectivity index (χ2n) is 4.51. The highest BCUT2D eigenvalue weighted by atomic mass is 32.2. The molecule has 0 saturated carbocycles. The molecule has 0 aliphatic carbocycles. The van der Waals surface area contributed by atoms with Crippen molar-refractivity contribution in [1.29, 1.82) is 0 Å². The number of carbonyl (C=O) groups is 1. The number of hydrogen-bond donors (Lipinski definition) is 1. The lowest BCUT2D eigenvalue weighted by atomic mass is 10.2. The molecule has 1 rings (SSSR count). The summed E-state index contributed by atoms with van der Waals surface area (Å²) in [6.07, 6.45) is 0. The van der Waals surface area contributed by atoms with Gasteiger partial charge in [0.25, 0.3) is 0 Å². The molecule has 0 radical (unpaired) electrons. The van der Waals surface area contributed by atoms with Gasteiger partial charge in [-0.15, -0.1) is 0 Å². The highest BCUT2D eigenvalue weighted by Crippen LogP contribution is 2.18. The van der Waals surface area contributed by atoms with Crippen molar-refractivity contribution in [3.63, 3.8) is 0 Å². The van der Waals surface area contributed by atoms with Gasteiger partial charge in [-0.1, -0.05) is 12.1 Å². The van der Waals surface area contributed by atoms with Crippen LogP contribution in [0, 0.1) is 0 Å². The zero-order valence-electron chi connectivity index (χ0n) is 11.3. The van der Waals surface area contributed by atoms with E-state index in [1.807, 2.05) is 0 Å². The van der Waals surface area contributed by atoms with E-state index < -0.39 is 10.0 Å². The maximum atomic E-state index is 12.4. The monoisotopic (exact) mass is 285 g/mol. The molecule has 0 fully saturated rings. The number of benzene rings is 1. The minimum Gasteiger partial charge on any atom is -0.395 e. The van der Waals surface area contributed by atoms with Crippen molar-refractivity contribution < 1.29 is 18.3 Å². The number of Topliss-reactive ketones (excluding diaryl/α,β-unsaturated/α-hetero) is 1. The molecule has 0 atom stereocenters. The predicted octanol–water partition coefficient (Wildman–Crippen LogP) is 1.28. The Bertz CT molecular complexity index is 534. The Morgan fingerprint density at radius 1 is 1.26 bits per heavy atom. The third-order valence-electron chi connectivity index (χ3n) is 2.76. The molecule has 1 aromatic carbocycles. The second kappa shape index (κ2) is 6.27. The minimum absolute atomic E-state index is 0.0501. The summed E-state index contributed by atoms with van der Waals surface area (Å²) in [5.41, 5.74) is 0.470. The summed E-state index contributed by atoms with van der Waals surface area (Å²) >= 11 is 0. The van der Waals surface area contributed by atoms with Crippen LogP contribution in [0.5, 0.6) is 0 Å². The highest BCUT2D eigenvalue weighted by molar-refractivity contribution is 7.89. The lowest BCUT2D eigenvalue weighted by Crippen LogP contribution is -2.38. The fourth-order valence-electron chi connectivity index (χ4n) is 1.75. The maximum Gasteiger partial charge on any atom is 0.243 e. The fraction of sp³-hybridized carbons (Fsp3) is 0.462. The molecule has 19 heavy (non-hydrogen) atoms. The van der Waals surface area contributed by atoms with Crippen LogP contribution in [0.15, 0.2) is 29.2 Å². The van der Waals surface area contributed by atoms with Crippen molar-refractivity contribution in [2.75, 3.05) is 13.2 Å². The summed E-state index contributed by atoms with van der Waals surface area (Å²) in [6, 6.07) is 5.57. The Morgan fingerprint density at radius 2 is 1.79 bits per heavy atom. The molecule has 1 aromatic rings. The van der Waals surface area contributed by atoms with Gasteiger partial charge in [-0.25, -0.2) is 8.42 Å². The maximum absolute atomic E-state index is 12.4. The molecule has 0 spiro atoms. The van der Waals surface area contributed by atoms with Gasteiger partial charge in [0, 0.05) is 18.2 Å². The van der Waals surface area contributed by atoms with Gasteiger partial charge in [0.15, 0.2) is 5.78 Å². The lowest BCUT2D eigenvalue weighted by molar-refractivity contribution is 0.101. The number of ketones is 1. The first kappa shape index (κ1) is 15.8. The molecular formula is C13H19NO4S. The van der Waals surface area contributed by atoms with Crippen molar-refractivity contribution in [2.45, 2.75) is 31.7 Å². The largest absolute Gasteiger partial charge is 0.395 e. The Hall–Kier alpha value is -1.24. The van der Waals surface area contributed by atoms with Gasteiger partial charge in [-0.05, 0) is 32.9 Å². The first-order valence-corrected chi connectivity index (χ1v) is 7.48. The van der Waals surface area contributed by atoms with Crippen LogP contribution in [-0.4, -0.2) is 42.8 Å². The number of aliphatic hydroxyl groups excluding tert-OH is 1. The fourth-order valence-corrected chi connectivity index (χ4v) is 3.38. The van der Waals surface area contributed by atoms with Crippen LogP contribution in [-0.2, 0) is 10.0 Å². The van der Waals surface area contributed by atoms with Gasteiger partial charge in [0.1, 0.15) is 0 Å². The van der Waals surface area contributed by atoms with E-state index in [2.05, 4.69) is 0 Å². The molecule has 0 bridgehead atoms. The molecule has 0 unspecified atom stereocenters. The van der Waals surface area contributed by atoms with Crippen LogP contribution >= 0.6 is 0 Å². The number of rotatable bonds is 6. The smallest absolute Gasteiger partial charge is 0.243 e. The van der Waals surface area contributed by atoms with Crippen molar-refractivity contribution in [1.82, 2.24) is 4.31 Å². The zero-order valence-corrected chi connectivity index (χ0v) is 12.1. The number of carbonyl (C=O) groups excluding carboxylic acids is 1. The number of sulfonamides is 1. The van der Waals surface area contributed by atoms with Crippen molar-refractivity contribution in [3.05, 3.63) is 29.8 Å². The molecule has 0 heterocycles. The first-order chi connectivity index (χ1) is 8.80. The van der Waals surface area contributed by atoms with Crippen molar-refractivity contribution in [3.8, 4) is 0 Å². The molecular weight excluding hydrogens is 266 g/mol. The van der Waals surface area contributed by atoms with E-state index in [-0.39, 0.29) is 29.9 Å². The van der Waals surface area contributed by atoms with Crippen LogP contribution in [0.1, 0.15) is 31.1 Å². The minimum atomic E-state index is -3.64. The Kier molecular flexibility index (Phi) is 5.22. The van der Waals surface area contributed by atoms with Gasteiger partial charge in [0.05, 0.1) is 11.5 Å². The molecule has 6 heteroatoms. The molecule has 0 aliphatic rings. The average Bonchev–Trinajstić information content (AvgIpc) is 2.35. The summed E-state index contributed by atoms with van der Waals surface area (Å²) in [6.45, 7) is 4.74. The van der Waals surface area contributed by atoms with E-state index in [1.165, 1.54) is 35.5 Å². The van der Waals surface area contributed by atoms with E-state index in [1.54, 1.807) is 13.8 Å². The van der Waals surface area contributed by atoms with E-state index in [0.29, 0.717) is 5.56 Å². The first-order valence-electron chi connectivity index (χ1n) is 6.04. The van der Waals surface area contributed by atoms with Gasteiger partial charge in [-0.2, -0.15) is 4.31 Å². The van der Waals surface area contributed by atoms with Crippen molar-refractivity contribution in [2.24, 2.45) is 0 Å². The zero-order chi connectivity index (χ0) is 14.6. The summed E-state index contributed by atoms with van der Waals surface area (Å²) in [5.74, 6) is -0.111. The molecule has 0 aromatic heterocycles. The Labute approximate surface area is 113 Å². The van der Waals surface area contributed by atoms with E-state index in [4.69, 9.17) is 5.11 Å². The summed E-state index contributed by atoms with van der Waals surface area (Å²) in [5, 5.41) is 8.96. The third-order valence-corrected chi connectivity index (χ3v) is 4.85. The van der Waals surface area contributed by atoms with E-state index in [9.17, 15) is 13.2 Å². The van der Waals surface area contributed by atoms with E-state index in [0.717, 1.165) is 0 Å². The van der Waals surface area contributed by atoms with Gasteiger partial charge in [0.2, 0.25) is 10.0 Å². The Morgan fingerprint density at radius 3 is 2.16 bits per heavy atom. The molecule has 0 aliphatic heterocycles. The summed E-state index contributed by atoms with van der Waals surface area (Å²) in [7, 11) is -3.64. The predicted molar refractivity (Wildman–Crippen MR) is 72.6 cm³/mol. The number of nitrogens with zero attached hydrogens (tertiary/aromatic N) is 1. The van der Waals surface area contributed by atoms with Crippen LogP contribution in [0.4, 0.5) is 0 Å². The Balaban J connectivity index is 3.14. The molecule has 1 N–H and O–H groups in total. The molecule has 5 nitrogen and oxygen atoms in total. The van der Waals surface area contributed by atoms with E-state index >= 15 is 0 Å². The van der Waals surface area contributed by atoms with Gasteiger partial charge >= 0.3 is 0 Å². The van der Waals surface area contributed by atoms with Gasteiger partial charge < -0.3 is 5.11 Å². The molecule has 0 amide bonds. The lowest BCUT2D eigenvalue weighted by Gasteiger charge is -2.25. The number of hydrogen-bond acceptors (Lipinski definition) is 4. The quantitative estimate of drug-likeness (QED) is 0.799. The summed E-state index contributed by atoms with van der Waals surface area (Å²) in [4.78, 5) is 11.3. The van der Waals surface area contributed by atoms with Crippen LogP contribution in [0.2, 0.25) is 0 Å². The highest BCUT2D eigenvalue weighted by Gasteiger charge is 2.26. The topological polar surface area (TPSA) is 74.7 Å². The molecule has 106 valence electrons. The average molecular weight is 285 g/mol.